The fraction of sp³-hybridized carbons (Fsp3) is 0.211. The van der Waals surface area contributed by atoms with Crippen molar-refractivity contribution in [2.24, 2.45) is 0 Å². The van der Waals surface area contributed by atoms with Crippen LogP contribution in [0, 0.1) is 6.92 Å². The average molecular weight is 360 g/mol. The fourth-order valence-electron chi connectivity index (χ4n) is 2.69. The predicted octanol–water partition coefficient (Wildman–Crippen LogP) is 5.05. The van der Waals surface area contributed by atoms with Crippen molar-refractivity contribution >= 4 is 34.2 Å². The van der Waals surface area contributed by atoms with Gasteiger partial charge >= 0.3 is 0 Å². The Morgan fingerprint density at radius 2 is 2.08 bits per heavy atom. The van der Waals surface area contributed by atoms with E-state index in [1.54, 1.807) is 50.4 Å². The first-order valence-electron chi connectivity index (χ1n) is 7.85. The summed E-state index contributed by atoms with van der Waals surface area (Å²) in [6.07, 6.45) is 0. The molecule has 0 saturated heterocycles. The van der Waals surface area contributed by atoms with E-state index in [0.29, 0.717) is 51.1 Å². The number of halogens is 1. The summed E-state index contributed by atoms with van der Waals surface area (Å²) >= 11 is 6.17. The summed E-state index contributed by atoms with van der Waals surface area (Å²) in [5.41, 5.74) is 1.59. The van der Waals surface area contributed by atoms with Crippen molar-refractivity contribution in [3.05, 3.63) is 52.7 Å². The standard InChI is InChI=1S/C19H18ClNO4/c1-4-24-18-14(20)6-5-7-15(18)21-19(22)17-11(2)25-16-9-8-12(23-3)10-13(16)17/h5-10H,4H2,1-3H3,(H,21,22). The number of anilines is 1. The molecule has 3 aromatic rings. The third-order valence-corrected chi connectivity index (χ3v) is 4.10. The van der Waals surface area contributed by atoms with Gasteiger partial charge in [0.1, 0.15) is 17.1 Å². The van der Waals surface area contributed by atoms with Gasteiger partial charge in [0.25, 0.3) is 5.91 Å². The quantitative estimate of drug-likeness (QED) is 0.692. The van der Waals surface area contributed by atoms with E-state index < -0.39 is 0 Å². The van der Waals surface area contributed by atoms with Crippen molar-refractivity contribution in [1.29, 1.82) is 0 Å². The minimum Gasteiger partial charge on any atom is -0.497 e. The first kappa shape index (κ1) is 17.2. The molecule has 3 rings (SSSR count). The fourth-order valence-corrected chi connectivity index (χ4v) is 2.92. The maximum atomic E-state index is 12.9. The van der Waals surface area contributed by atoms with Gasteiger partial charge in [-0.2, -0.15) is 0 Å². The molecule has 5 nitrogen and oxygen atoms in total. The number of aryl methyl sites for hydroxylation is 1. The van der Waals surface area contributed by atoms with Gasteiger partial charge in [0.05, 0.1) is 30.0 Å². The predicted molar refractivity (Wildman–Crippen MR) is 98.1 cm³/mol. The molecule has 0 bridgehead atoms. The first-order valence-corrected chi connectivity index (χ1v) is 8.22. The molecule has 0 aliphatic heterocycles. The second-order valence-electron chi connectivity index (χ2n) is 5.40. The van der Waals surface area contributed by atoms with Crippen LogP contribution in [0.25, 0.3) is 11.0 Å². The average Bonchev–Trinajstić information content (AvgIpc) is 2.92. The summed E-state index contributed by atoms with van der Waals surface area (Å²) in [6.45, 7) is 4.05. The zero-order valence-corrected chi connectivity index (χ0v) is 14.9. The van der Waals surface area contributed by atoms with Crippen LogP contribution in [0.3, 0.4) is 0 Å². The van der Waals surface area contributed by atoms with Gasteiger partial charge in [0, 0.05) is 5.39 Å². The number of ether oxygens (including phenoxy) is 2. The molecular formula is C19H18ClNO4. The maximum Gasteiger partial charge on any atom is 0.259 e. The molecular weight excluding hydrogens is 342 g/mol. The molecule has 1 aromatic heterocycles. The van der Waals surface area contributed by atoms with Gasteiger partial charge in [0.15, 0.2) is 5.75 Å². The van der Waals surface area contributed by atoms with Crippen LogP contribution in [0.1, 0.15) is 23.0 Å². The zero-order valence-electron chi connectivity index (χ0n) is 14.2. The number of benzene rings is 2. The minimum atomic E-state index is -0.298. The molecule has 25 heavy (non-hydrogen) atoms. The lowest BCUT2D eigenvalue weighted by Gasteiger charge is -2.12. The smallest absolute Gasteiger partial charge is 0.259 e. The van der Waals surface area contributed by atoms with Gasteiger partial charge in [0.2, 0.25) is 0 Å². The van der Waals surface area contributed by atoms with Crippen molar-refractivity contribution in [2.75, 3.05) is 19.0 Å². The zero-order chi connectivity index (χ0) is 18.0. The maximum absolute atomic E-state index is 12.9. The number of carbonyl (C=O) groups excluding carboxylic acids is 1. The molecule has 0 atom stereocenters. The molecule has 0 fully saturated rings. The molecule has 1 N–H and O–H groups in total. The lowest BCUT2D eigenvalue weighted by atomic mass is 10.1. The van der Waals surface area contributed by atoms with Crippen LogP contribution in [0.4, 0.5) is 5.69 Å². The van der Waals surface area contributed by atoms with Crippen LogP contribution in [0.15, 0.2) is 40.8 Å². The number of hydrogen-bond donors (Lipinski definition) is 1. The van der Waals surface area contributed by atoms with E-state index in [-0.39, 0.29) is 5.91 Å². The summed E-state index contributed by atoms with van der Waals surface area (Å²) < 4.78 is 16.5. The SMILES string of the molecule is CCOc1c(Cl)cccc1NC(=O)c1c(C)oc2ccc(OC)cc12. The Labute approximate surface area is 150 Å². The Morgan fingerprint density at radius 3 is 2.80 bits per heavy atom. The molecule has 1 heterocycles. The van der Waals surface area contributed by atoms with E-state index in [1.807, 2.05) is 6.92 Å². The number of fused-ring (bicyclic) bond motifs is 1. The van der Waals surface area contributed by atoms with Gasteiger partial charge < -0.3 is 19.2 Å². The third kappa shape index (κ3) is 3.28. The van der Waals surface area contributed by atoms with Crippen LogP contribution >= 0.6 is 11.6 Å². The molecule has 6 heteroatoms. The Balaban J connectivity index is 2.01. The van der Waals surface area contributed by atoms with E-state index in [9.17, 15) is 4.79 Å². The second kappa shape index (κ2) is 7.07. The number of rotatable bonds is 5. The molecule has 2 aromatic carbocycles. The number of nitrogens with one attached hydrogen (secondary N) is 1. The summed E-state index contributed by atoms with van der Waals surface area (Å²) in [7, 11) is 1.58. The number of carbonyl (C=O) groups is 1. The monoisotopic (exact) mass is 359 g/mol. The lowest BCUT2D eigenvalue weighted by molar-refractivity contribution is 0.102. The van der Waals surface area contributed by atoms with Crippen LogP contribution < -0.4 is 14.8 Å². The van der Waals surface area contributed by atoms with Crippen LogP contribution in [-0.2, 0) is 0 Å². The first-order chi connectivity index (χ1) is 12.0. The summed E-state index contributed by atoms with van der Waals surface area (Å²) in [6, 6.07) is 10.6. The topological polar surface area (TPSA) is 60.7 Å². The van der Waals surface area contributed by atoms with Crippen molar-refractivity contribution in [2.45, 2.75) is 13.8 Å². The highest BCUT2D eigenvalue weighted by molar-refractivity contribution is 6.32. The van der Waals surface area contributed by atoms with Crippen LogP contribution in [-0.4, -0.2) is 19.6 Å². The van der Waals surface area contributed by atoms with Gasteiger partial charge in [-0.15, -0.1) is 0 Å². The third-order valence-electron chi connectivity index (χ3n) is 3.80. The van der Waals surface area contributed by atoms with E-state index in [2.05, 4.69) is 5.32 Å². The highest BCUT2D eigenvalue weighted by Gasteiger charge is 2.20. The van der Waals surface area contributed by atoms with Crippen molar-refractivity contribution in [3.63, 3.8) is 0 Å². The van der Waals surface area contributed by atoms with E-state index in [4.69, 9.17) is 25.5 Å². The van der Waals surface area contributed by atoms with E-state index in [1.165, 1.54) is 0 Å². The summed E-state index contributed by atoms with van der Waals surface area (Å²) in [5, 5.41) is 3.99. The molecule has 0 saturated carbocycles. The van der Waals surface area contributed by atoms with E-state index >= 15 is 0 Å². The highest BCUT2D eigenvalue weighted by atomic mass is 35.5. The van der Waals surface area contributed by atoms with Gasteiger partial charge in [-0.3, -0.25) is 4.79 Å². The summed E-state index contributed by atoms with van der Waals surface area (Å²) in [5.74, 6) is 1.33. The number of amides is 1. The number of hydrogen-bond acceptors (Lipinski definition) is 4. The van der Waals surface area contributed by atoms with Crippen molar-refractivity contribution in [1.82, 2.24) is 0 Å². The number of para-hydroxylation sites is 1. The molecule has 0 spiro atoms. The minimum absolute atomic E-state index is 0.298. The van der Waals surface area contributed by atoms with Crippen LogP contribution in [0.2, 0.25) is 5.02 Å². The van der Waals surface area contributed by atoms with Crippen LogP contribution in [0.5, 0.6) is 11.5 Å². The normalized spacial score (nSPS) is 10.7. The molecule has 1 amide bonds. The van der Waals surface area contributed by atoms with Crippen molar-refractivity contribution in [3.8, 4) is 11.5 Å². The van der Waals surface area contributed by atoms with Gasteiger partial charge in [-0.25, -0.2) is 0 Å². The molecule has 130 valence electrons. The molecule has 0 aliphatic carbocycles. The summed E-state index contributed by atoms with van der Waals surface area (Å²) in [4.78, 5) is 12.9. The number of furan rings is 1. The Kier molecular flexibility index (Phi) is 4.86. The Hall–Kier alpha value is -2.66. The van der Waals surface area contributed by atoms with Gasteiger partial charge in [-0.05, 0) is 44.2 Å². The molecule has 0 unspecified atom stereocenters. The number of methoxy groups -OCH3 is 1. The van der Waals surface area contributed by atoms with Crippen molar-refractivity contribution < 1.29 is 18.7 Å². The Morgan fingerprint density at radius 1 is 1.28 bits per heavy atom. The largest absolute Gasteiger partial charge is 0.497 e. The van der Waals surface area contributed by atoms with E-state index in [0.717, 1.165) is 0 Å². The molecule has 0 aliphatic rings. The molecule has 0 radical (unpaired) electrons. The second-order valence-corrected chi connectivity index (χ2v) is 5.81. The Bertz CT molecular complexity index is 933. The highest BCUT2D eigenvalue weighted by Crippen LogP contribution is 2.34. The lowest BCUT2D eigenvalue weighted by Crippen LogP contribution is -2.13. The van der Waals surface area contributed by atoms with Gasteiger partial charge in [-0.1, -0.05) is 17.7 Å².